The van der Waals surface area contributed by atoms with Crippen molar-refractivity contribution in [2.75, 3.05) is 44.2 Å². The predicted octanol–water partition coefficient (Wildman–Crippen LogP) is 0.860. The van der Waals surface area contributed by atoms with Gasteiger partial charge in [0.05, 0.1) is 5.56 Å². The minimum atomic E-state index is 0.0372. The summed E-state index contributed by atoms with van der Waals surface area (Å²) < 4.78 is 0. The Labute approximate surface area is 147 Å². The first-order valence-corrected chi connectivity index (χ1v) is 8.74. The Bertz CT molecular complexity index is 666. The zero-order valence-corrected chi connectivity index (χ0v) is 14.5. The van der Waals surface area contributed by atoms with Gasteiger partial charge in [0.2, 0.25) is 11.8 Å². The van der Waals surface area contributed by atoms with Crippen molar-refractivity contribution in [2.24, 2.45) is 5.92 Å². The van der Waals surface area contributed by atoms with Gasteiger partial charge in [-0.3, -0.25) is 9.59 Å². The lowest BCUT2D eigenvalue weighted by molar-refractivity contribution is -0.140. The molecule has 1 aromatic heterocycles. The fourth-order valence-electron chi connectivity index (χ4n) is 3.49. The van der Waals surface area contributed by atoms with Crippen LogP contribution in [0.15, 0.2) is 18.3 Å². The smallest absolute Gasteiger partial charge is 0.225 e. The standard InChI is InChI=1S/C18H23N5O2/c1-14(24)21-6-4-16(5-7-21)18(25)23-10-8-22(9-11-23)17-3-2-15(12-19)13-20-17/h2-3,13,16H,4-11H2,1H3. The highest BCUT2D eigenvalue weighted by atomic mass is 16.2. The van der Waals surface area contributed by atoms with Crippen LogP contribution in [-0.4, -0.2) is 65.9 Å². The van der Waals surface area contributed by atoms with Crippen molar-refractivity contribution in [1.82, 2.24) is 14.8 Å². The average Bonchev–Trinajstić information content (AvgIpc) is 2.67. The van der Waals surface area contributed by atoms with Crippen molar-refractivity contribution in [1.29, 1.82) is 5.26 Å². The molecule has 0 saturated carbocycles. The Morgan fingerprint density at radius 1 is 1.08 bits per heavy atom. The van der Waals surface area contributed by atoms with Gasteiger partial charge >= 0.3 is 0 Å². The van der Waals surface area contributed by atoms with Crippen LogP contribution in [0, 0.1) is 17.2 Å². The molecule has 132 valence electrons. The van der Waals surface area contributed by atoms with E-state index in [1.807, 2.05) is 15.9 Å². The molecule has 2 saturated heterocycles. The first-order chi connectivity index (χ1) is 12.1. The van der Waals surface area contributed by atoms with Gasteiger partial charge in [0.15, 0.2) is 0 Å². The highest BCUT2D eigenvalue weighted by molar-refractivity contribution is 5.80. The van der Waals surface area contributed by atoms with Crippen LogP contribution in [-0.2, 0) is 9.59 Å². The number of pyridine rings is 1. The minimum Gasteiger partial charge on any atom is -0.353 e. The summed E-state index contributed by atoms with van der Waals surface area (Å²) in [6, 6.07) is 5.69. The maximum absolute atomic E-state index is 12.7. The number of nitrogens with zero attached hydrogens (tertiary/aromatic N) is 5. The second-order valence-electron chi connectivity index (χ2n) is 6.61. The van der Waals surface area contributed by atoms with Crippen LogP contribution >= 0.6 is 0 Å². The average molecular weight is 341 g/mol. The number of rotatable bonds is 2. The number of anilines is 1. The van der Waals surface area contributed by atoms with E-state index >= 15 is 0 Å². The Kier molecular flexibility index (Phi) is 5.17. The third-order valence-electron chi connectivity index (χ3n) is 5.08. The predicted molar refractivity (Wildman–Crippen MR) is 92.7 cm³/mol. The first-order valence-electron chi connectivity index (χ1n) is 8.74. The van der Waals surface area contributed by atoms with Gasteiger partial charge in [-0.05, 0) is 25.0 Å². The zero-order chi connectivity index (χ0) is 17.8. The highest BCUT2D eigenvalue weighted by Gasteiger charge is 2.31. The first kappa shape index (κ1) is 17.2. The van der Waals surface area contributed by atoms with Crippen molar-refractivity contribution in [3.8, 4) is 6.07 Å². The van der Waals surface area contributed by atoms with Gasteiger partial charge in [-0.15, -0.1) is 0 Å². The van der Waals surface area contributed by atoms with E-state index in [-0.39, 0.29) is 17.7 Å². The van der Waals surface area contributed by atoms with Gasteiger partial charge in [-0.1, -0.05) is 0 Å². The van der Waals surface area contributed by atoms with Crippen LogP contribution in [0.1, 0.15) is 25.3 Å². The second kappa shape index (κ2) is 7.51. The van der Waals surface area contributed by atoms with Crippen LogP contribution in [0.4, 0.5) is 5.82 Å². The third-order valence-corrected chi connectivity index (χ3v) is 5.08. The fourth-order valence-corrected chi connectivity index (χ4v) is 3.49. The van der Waals surface area contributed by atoms with E-state index in [1.54, 1.807) is 19.2 Å². The van der Waals surface area contributed by atoms with E-state index in [0.717, 1.165) is 31.7 Å². The molecule has 0 unspecified atom stereocenters. The van der Waals surface area contributed by atoms with Gasteiger partial charge in [-0.25, -0.2) is 4.98 Å². The van der Waals surface area contributed by atoms with E-state index in [4.69, 9.17) is 5.26 Å². The Balaban J connectivity index is 1.51. The van der Waals surface area contributed by atoms with Gasteiger partial charge in [0.1, 0.15) is 11.9 Å². The number of carbonyl (C=O) groups excluding carboxylic acids is 2. The summed E-state index contributed by atoms with van der Waals surface area (Å²) >= 11 is 0. The lowest BCUT2D eigenvalue weighted by atomic mass is 9.95. The van der Waals surface area contributed by atoms with Crippen molar-refractivity contribution in [3.05, 3.63) is 23.9 Å². The SMILES string of the molecule is CC(=O)N1CCC(C(=O)N2CCN(c3ccc(C#N)cn3)CC2)CC1. The molecule has 0 atom stereocenters. The summed E-state index contributed by atoms with van der Waals surface area (Å²) in [5.74, 6) is 1.20. The molecule has 0 radical (unpaired) electrons. The molecule has 2 aliphatic heterocycles. The molecule has 7 heteroatoms. The number of carbonyl (C=O) groups is 2. The van der Waals surface area contributed by atoms with E-state index in [1.165, 1.54) is 0 Å². The van der Waals surface area contributed by atoms with Crippen LogP contribution in [0.3, 0.4) is 0 Å². The summed E-state index contributed by atoms with van der Waals surface area (Å²) in [5, 5.41) is 8.84. The molecular formula is C18H23N5O2. The van der Waals surface area contributed by atoms with E-state index in [9.17, 15) is 9.59 Å². The third kappa shape index (κ3) is 3.90. The molecule has 0 spiro atoms. The lowest BCUT2D eigenvalue weighted by Crippen LogP contribution is -2.52. The number of likely N-dealkylation sites (tertiary alicyclic amines) is 1. The largest absolute Gasteiger partial charge is 0.353 e. The summed E-state index contributed by atoms with van der Waals surface area (Å²) in [5.41, 5.74) is 0.550. The fraction of sp³-hybridized carbons (Fsp3) is 0.556. The minimum absolute atomic E-state index is 0.0372. The van der Waals surface area contributed by atoms with E-state index in [2.05, 4.69) is 16.0 Å². The zero-order valence-electron chi connectivity index (χ0n) is 14.5. The van der Waals surface area contributed by atoms with Gasteiger partial charge in [0.25, 0.3) is 0 Å². The van der Waals surface area contributed by atoms with Crippen molar-refractivity contribution >= 4 is 17.6 Å². The van der Waals surface area contributed by atoms with Gasteiger partial charge in [-0.2, -0.15) is 5.26 Å². The molecule has 7 nitrogen and oxygen atoms in total. The molecule has 2 amide bonds. The van der Waals surface area contributed by atoms with Crippen LogP contribution < -0.4 is 4.90 Å². The van der Waals surface area contributed by atoms with Gasteiger partial charge in [0, 0.05) is 58.3 Å². The van der Waals surface area contributed by atoms with Crippen molar-refractivity contribution in [2.45, 2.75) is 19.8 Å². The Morgan fingerprint density at radius 2 is 1.76 bits per heavy atom. The van der Waals surface area contributed by atoms with E-state index in [0.29, 0.717) is 31.7 Å². The normalized spacial score (nSPS) is 18.8. The Hall–Kier alpha value is -2.62. The molecule has 0 N–H and O–H groups in total. The van der Waals surface area contributed by atoms with Crippen LogP contribution in [0.25, 0.3) is 0 Å². The number of piperazine rings is 1. The number of aromatic nitrogens is 1. The molecule has 25 heavy (non-hydrogen) atoms. The van der Waals surface area contributed by atoms with E-state index < -0.39 is 0 Å². The lowest BCUT2D eigenvalue weighted by Gasteiger charge is -2.38. The summed E-state index contributed by atoms with van der Waals surface area (Å²) in [6.45, 7) is 5.81. The molecule has 3 heterocycles. The van der Waals surface area contributed by atoms with Crippen molar-refractivity contribution < 1.29 is 9.59 Å². The Morgan fingerprint density at radius 3 is 2.28 bits per heavy atom. The number of hydrogen-bond donors (Lipinski definition) is 0. The van der Waals surface area contributed by atoms with Crippen molar-refractivity contribution in [3.63, 3.8) is 0 Å². The molecule has 3 rings (SSSR count). The molecule has 0 aliphatic carbocycles. The number of amides is 2. The molecular weight excluding hydrogens is 318 g/mol. The topological polar surface area (TPSA) is 80.5 Å². The number of piperidine rings is 1. The monoisotopic (exact) mass is 341 g/mol. The second-order valence-corrected chi connectivity index (χ2v) is 6.61. The number of nitriles is 1. The molecule has 2 aliphatic rings. The molecule has 2 fully saturated rings. The molecule has 1 aromatic rings. The van der Waals surface area contributed by atoms with Crippen LogP contribution in [0.5, 0.6) is 0 Å². The maximum Gasteiger partial charge on any atom is 0.225 e. The highest BCUT2D eigenvalue weighted by Crippen LogP contribution is 2.21. The summed E-state index contributed by atoms with van der Waals surface area (Å²) in [6.07, 6.45) is 3.10. The van der Waals surface area contributed by atoms with Crippen LogP contribution in [0.2, 0.25) is 0 Å². The molecule has 0 aromatic carbocycles. The number of hydrogen-bond acceptors (Lipinski definition) is 5. The molecule has 0 bridgehead atoms. The maximum atomic E-state index is 12.7. The quantitative estimate of drug-likeness (QED) is 0.797. The van der Waals surface area contributed by atoms with Gasteiger partial charge < -0.3 is 14.7 Å². The summed E-state index contributed by atoms with van der Waals surface area (Å²) in [4.78, 5) is 34.3. The summed E-state index contributed by atoms with van der Waals surface area (Å²) in [7, 11) is 0.